The summed E-state index contributed by atoms with van der Waals surface area (Å²) >= 11 is 0. The van der Waals surface area contributed by atoms with Gasteiger partial charge in [0.25, 0.3) is 0 Å². The Morgan fingerprint density at radius 1 is 1.25 bits per heavy atom. The third-order valence-corrected chi connectivity index (χ3v) is 3.52. The zero-order chi connectivity index (χ0) is 12.3. The number of aryl methyl sites for hydroxylation is 1. The number of halogens is 2. The monoisotopic (exact) mass is 249 g/mol. The van der Waals surface area contributed by atoms with Crippen molar-refractivity contribution in [3.05, 3.63) is 29.3 Å². The zero-order valence-electron chi connectivity index (χ0n) is 9.05. The van der Waals surface area contributed by atoms with E-state index in [0.717, 1.165) is 6.07 Å². The molecule has 0 unspecified atom stereocenters. The lowest BCUT2D eigenvalue weighted by Gasteiger charge is -2.07. The van der Waals surface area contributed by atoms with Crippen LogP contribution in [0.15, 0.2) is 17.0 Å². The largest absolute Gasteiger partial charge is 0.243 e. The van der Waals surface area contributed by atoms with Crippen LogP contribution in [0.25, 0.3) is 0 Å². The first-order valence-electron chi connectivity index (χ1n) is 4.83. The first kappa shape index (κ1) is 13.1. The van der Waals surface area contributed by atoms with Gasteiger partial charge in [0.2, 0.25) is 10.0 Å². The van der Waals surface area contributed by atoms with Crippen LogP contribution >= 0.6 is 0 Å². The third-order valence-electron chi connectivity index (χ3n) is 2.04. The molecule has 0 saturated carbocycles. The summed E-state index contributed by atoms with van der Waals surface area (Å²) in [5.41, 5.74) is 0.0759. The van der Waals surface area contributed by atoms with Gasteiger partial charge in [0.05, 0.1) is 0 Å². The molecule has 6 heteroatoms. The molecule has 0 radical (unpaired) electrons. The number of nitrogens with one attached hydrogen (secondary N) is 1. The second-order valence-corrected chi connectivity index (χ2v) is 5.16. The van der Waals surface area contributed by atoms with Crippen molar-refractivity contribution >= 4 is 10.0 Å². The Kier molecular flexibility index (Phi) is 3.98. The van der Waals surface area contributed by atoms with Crippen LogP contribution in [0.3, 0.4) is 0 Å². The van der Waals surface area contributed by atoms with Gasteiger partial charge in [-0.15, -0.1) is 0 Å². The molecule has 0 atom stereocenters. The molecule has 0 heterocycles. The summed E-state index contributed by atoms with van der Waals surface area (Å²) < 4.78 is 51.8. The molecule has 1 rings (SSSR count). The van der Waals surface area contributed by atoms with Crippen molar-refractivity contribution in [1.82, 2.24) is 4.72 Å². The maximum atomic E-state index is 13.4. The summed E-state index contributed by atoms with van der Waals surface area (Å²) in [7, 11) is -3.96. The predicted octanol–water partition coefficient (Wildman–Crippen LogP) is 1.96. The SMILES string of the molecule is CCCNS(=O)(=O)c1cc(F)c(C)cc1F. The molecular formula is C10H13F2NO2S. The van der Waals surface area contributed by atoms with Crippen molar-refractivity contribution in [2.45, 2.75) is 25.2 Å². The van der Waals surface area contributed by atoms with Gasteiger partial charge < -0.3 is 0 Å². The average molecular weight is 249 g/mol. The number of hydrogen-bond donors (Lipinski definition) is 1. The van der Waals surface area contributed by atoms with E-state index < -0.39 is 26.6 Å². The molecule has 0 aromatic heterocycles. The van der Waals surface area contributed by atoms with Gasteiger partial charge in [-0.05, 0) is 31.0 Å². The molecule has 3 nitrogen and oxygen atoms in total. The summed E-state index contributed by atoms with van der Waals surface area (Å²) in [5, 5.41) is 0. The smallest absolute Gasteiger partial charge is 0.211 e. The van der Waals surface area contributed by atoms with E-state index in [9.17, 15) is 17.2 Å². The lowest BCUT2D eigenvalue weighted by Crippen LogP contribution is -2.25. The van der Waals surface area contributed by atoms with Crippen LogP contribution < -0.4 is 4.72 Å². The Labute approximate surface area is 93.5 Å². The molecule has 0 spiro atoms. The Balaban J connectivity index is 3.18. The minimum Gasteiger partial charge on any atom is -0.211 e. The van der Waals surface area contributed by atoms with Crippen LogP contribution in [0, 0.1) is 18.6 Å². The highest BCUT2D eigenvalue weighted by Gasteiger charge is 2.20. The summed E-state index contributed by atoms with van der Waals surface area (Å²) in [6, 6.07) is 1.57. The van der Waals surface area contributed by atoms with Crippen LogP contribution in [0.2, 0.25) is 0 Å². The number of rotatable bonds is 4. The highest BCUT2D eigenvalue weighted by Crippen LogP contribution is 2.18. The van der Waals surface area contributed by atoms with Crippen molar-refractivity contribution in [3.8, 4) is 0 Å². The lowest BCUT2D eigenvalue weighted by atomic mass is 10.2. The van der Waals surface area contributed by atoms with Crippen LogP contribution in [0.4, 0.5) is 8.78 Å². The van der Waals surface area contributed by atoms with Crippen molar-refractivity contribution in [1.29, 1.82) is 0 Å². The molecule has 16 heavy (non-hydrogen) atoms. The Morgan fingerprint density at radius 3 is 2.44 bits per heavy atom. The topological polar surface area (TPSA) is 46.2 Å². The predicted molar refractivity (Wildman–Crippen MR) is 56.6 cm³/mol. The molecule has 90 valence electrons. The fraction of sp³-hybridized carbons (Fsp3) is 0.400. The van der Waals surface area contributed by atoms with E-state index >= 15 is 0 Å². The molecule has 0 aliphatic rings. The molecule has 0 aliphatic heterocycles. The van der Waals surface area contributed by atoms with Crippen molar-refractivity contribution in [2.75, 3.05) is 6.54 Å². The van der Waals surface area contributed by atoms with E-state index in [2.05, 4.69) is 4.72 Å². The van der Waals surface area contributed by atoms with Gasteiger partial charge in [-0.2, -0.15) is 0 Å². The van der Waals surface area contributed by atoms with Crippen molar-refractivity contribution in [3.63, 3.8) is 0 Å². The van der Waals surface area contributed by atoms with E-state index in [1.807, 2.05) is 0 Å². The molecule has 0 aliphatic carbocycles. The number of sulfonamides is 1. The maximum absolute atomic E-state index is 13.4. The fourth-order valence-electron chi connectivity index (χ4n) is 1.15. The van der Waals surface area contributed by atoms with Gasteiger partial charge in [-0.3, -0.25) is 0 Å². The van der Waals surface area contributed by atoms with Gasteiger partial charge in [0.15, 0.2) is 0 Å². The van der Waals surface area contributed by atoms with Gasteiger partial charge in [-0.1, -0.05) is 6.92 Å². The summed E-state index contributed by atoms with van der Waals surface area (Å²) in [4.78, 5) is -0.649. The standard InChI is InChI=1S/C10H13F2NO2S/c1-3-4-13-16(14,15)10-6-8(11)7(2)5-9(10)12/h5-6,13H,3-4H2,1-2H3. The van der Waals surface area contributed by atoms with Crippen LogP contribution in [-0.2, 0) is 10.0 Å². The van der Waals surface area contributed by atoms with Crippen LogP contribution in [-0.4, -0.2) is 15.0 Å². The Hall–Kier alpha value is -1.01. The third kappa shape index (κ3) is 2.76. The van der Waals surface area contributed by atoms with Crippen molar-refractivity contribution < 1.29 is 17.2 Å². The minimum atomic E-state index is -3.96. The summed E-state index contributed by atoms with van der Waals surface area (Å²) in [6.07, 6.45) is 0.579. The van der Waals surface area contributed by atoms with Gasteiger partial charge in [0, 0.05) is 6.54 Å². The van der Waals surface area contributed by atoms with Gasteiger partial charge >= 0.3 is 0 Å². The summed E-state index contributed by atoms with van der Waals surface area (Å²) in [5.74, 6) is -1.68. The molecule has 1 aromatic carbocycles. The quantitative estimate of drug-likeness (QED) is 0.886. The Morgan fingerprint density at radius 2 is 1.88 bits per heavy atom. The highest BCUT2D eigenvalue weighted by atomic mass is 32.2. The first-order valence-corrected chi connectivity index (χ1v) is 6.32. The molecule has 0 saturated heterocycles. The van der Waals surface area contributed by atoms with Gasteiger partial charge in [0.1, 0.15) is 16.5 Å². The first-order chi connectivity index (χ1) is 7.38. The minimum absolute atomic E-state index is 0.0759. The summed E-state index contributed by atoms with van der Waals surface area (Å²) in [6.45, 7) is 3.33. The fourth-order valence-corrected chi connectivity index (χ4v) is 2.35. The second kappa shape index (κ2) is 4.88. The van der Waals surface area contributed by atoms with E-state index in [-0.39, 0.29) is 12.1 Å². The van der Waals surface area contributed by atoms with Gasteiger partial charge in [-0.25, -0.2) is 21.9 Å². The normalized spacial score (nSPS) is 11.8. The number of benzene rings is 1. The molecular weight excluding hydrogens is 236 g/mol. The second-order valence-electron chi connectivity index (χ2n) is 3.43. The number of hydrogen-bond acceptors (Lipinski definition) is 2. The van der Waals surface area contributed by atoms with E-state index in [1.54, 1.807) is 6.92 Å². The zero-order valence-corrected chi connectivity index (χ0v) is 9.87. The molecule has 1 aromatic rings. The average Bonchev–Trinajstić information content (AvgIpc) is 2.20. The van der Waals surface area contributed by atoms with Crippen molar-refractivity contribution in [2.24, 2.45) is 0 Å². The Bertz CT molecular complexity index is 486. The maximum Gasteiger partial charge on any atom is 0.243 e. The van der Waals surface area contributed by atoms with E-state index in [0.29, 0.717) is 12.5 Å². The van der Waals surface area contributed by atoms with E-state index in [4.69, 9.17) is 0 Å². The molecule has 1 N–H and O–H groups in total. The molecule has 0 fully saturated rings. The van der Waals surface area contributed by atoms with Crippen LogP contribution in [0.5, 0.6) is 0 Å². The molecule has 0 bridgehead atoms. The van der Waals surface area contributed by atoms with E-state index in [1.165, 1.54) is 6.92 Å². The van der Waals surface area contributed by atoms with Crippen LogP contribution in [0.1, 0.15) is 18.9 Å². The lowest BCUT2D eigenvalue weighted by molar-refractivity contribution is 0.542. The highest BCUT2D eigenvalue weighted by molar-refractivity contribution is 7.89. The molecule has 0 amide bonds.